The van der Waals surface area contributed by atoms with Crippen LogP contribution in [0.15, 0.2) is 22.0 Å². The number of amides is 2. The number of nitrogens with zero attached hydrogens (tertiary/aromatic N) is 2. The second kappa shape index (κ2) is 6.87. The van der Waals surface area contributed by atoms with Crippen molar-refractivity contribution in [2.24, 2.45) is 5.92 Å². The summed E-state index contributed by atoms with van der Waals surface area (Å²) in [7, 11) is 0. The number of carbonyl (C=O) groups excluding carboxylic acids is 2. The van der Waals surface area contributed by atoms with E-state index in [-0.39, 0.29) is 23.9 Å². The Morgan fingerprint density at radius 3 is 2.88 bits per heavy atom. The largest absolute Gasteiger partial charge is 0.361 e. The molecule has 2 amide bonds. The Hall–Kier alpha value is -2.15. The van der Waals surface area contributed by atoms with E-state index in [9.17, 15) is 9.59 Å². The van der Waals surface area contributed by atoms with Gasteiger partial charge >= 0.3 is 0 Å². The van der Waals surface area contributed by atoms with Crippen LogP contribution in [0.25, 0.3) is 0 Å². The Bertz CT molecular complexity index is 795. The molecule has 1 N–H and O–H groups in total. The summed E-state index contributed by atoms with van der Waals surface area (Å²) in [6.45, 7) is 4.61. The van der Waals surface area contributed by atoms with E-state index >= 15 is 0 Å². The van der Waals surface area contributed by atoms with Crippen LogP contribution >= 0.6 is 11.3 Å². The van der Waals surface area contributed by atoms with Crippen LogP contribution in [0.1, 0.15) is 46.0 Å². The van der Waals surface area contributed by atoms with Gasteiger partial charge in [0.25, 0.3) is 5.91 Å². The SMILES string of the molecule is Cc1noc(C)c1CCC(=O)N1C[C@@H]2C[C@H](NC(=O)c3cccs3)[C@H]1C2. The van der Waals surface area contributed by atoms with Gasteiger partial charge in [0.15, 0.2) is 0 Å². The standard InChI is InChI=1S/C19H23N3O3S/c1-11-14(12(2)25-21-11)5-6-18(23)22-10-13-8-15(16(22)9-13)20-19(24)17-4-3-7-26-17/h3-4,7,13,15-16H,5-6,8-10H2,1-2H3,(H,20,24)/t13-,15+,16-/m1/s1. The Morgan fingerprint density at radius 2 is 2.23 bits per heavy atom. The van der Waals surface area contributed by atoms with Crippen molar-refractivity contribution in [2.45, 2.75) is 51.6 Å². The van der Waals surface area contributed by atoms with Gasteiger partial charge in [0.1, 0.15) is 5.76 Å². The Morgan fingerprint density at radius 1 is 1.38 bits per heavy atom. The van der Waals surface area contributed by atoms with Crippen molar-refractivity contribution in [1.29, 1.82) is 0 Å². The molecule has 2 aromatic rings. The molecule has 3 heterocycles. The van der Waals surface area contributed by atoms with Gasteiger partial charge in [0.05, 0.1) is 16.6 Å². The van der Waals surface area contributed by atoms with Gasteiger partial charge in [-0.05, 0) is 50.5 Å². The fraction of sp³-hybridized carbons (Fsp3) is 0.526. The topological polar surface area (TPSA) is 75.4 Å². The van der Waals surface area contributed by atoms with E-state index < -0.39 is 0 Å². The molecule has 1 saturated heterocycles. The molecule has 4 rings (SSSR count). The van der Waals surface area contributed by atoms with Gasteiger partial charge in [-0.3, -0.25) is 9.59 Å². The van der Waals surface area contributed by atoms with Crippen molar-refractivity contribution in [3.05, 3.63) is 39.4 Å². The number of likely N-dealkylation sites (tertiary alicyclic amines) is 1. The van der Waals surface area contributed by atoms with E-state index in [1.54, 1.807) is 0 Å². The fourth-order valence-corrected chi connectivity index (χ4v) is 4.98. The molecule has 2 fully saturated rings. The summed E-state index contributed by atoms with van der Waals surface area (Å²) in [6.07, 6.45) is 3.07. The van der Waals surface area contributed by atoms with Crippen LogP contribution < -0.4 is 5.32 Å². The lowest BCUT2D eigenvalue weighted by molar-refractivity contribution is -0.133. The molecule has 2 aliphatic rings. The molecule has 1 saturated carbocycles. The zero-order valence-electron chi connectivity index (χ0n) is 15.0. The number of hydrogen-bond acceptors (Lipinski definition) is 5. The average Bonchev–Trinajstić information content (AvgIpc) is 3.38. The van der Waals surface area contributed by atoms with Crippen molar-refractivity contribution in [2.75, 3.05) is 6.54 Å². The second-order valence-electron chi connectivity index (χ2n) is 7.31. The lowest BCUT2D eigenvalue weighted by Gasteiger charge is -2.33. The van der Waals surface area contributed by atoms with Gasteiger partial charge in [0, 0.05) is 24.6 Å². The van der Waals surface area contributed by atoms with Crippen molar-refractivity contribution in [1.82, 2.24) is 15.4 Å². The molecule has 7 heteroatoms. The summed E-state index contributed by atoms with van der Waals surface area (Å²) in [5, 5.41) is 8.99. The highest BCUT2D eigenvalue weighted by atomic mass is 32.1. The van der Waals surface area contributed by atoms with E-state index in [0.717, 1.165) is 41.3 Å². The maximum Gasteiger partial charge on any atom is 0.261 e. The number of aromatic nitrogens is 1. The minimum atomic E-state index is -0.0272. The molecule has 2 bridgehead atoms. The summed E-state index contributed by atoms with van der Waals surface area (Å²) in [5.41, 5.74) is 1.89. The zero-order valence-corrected chi connectivity index (χ0v) is 15.8. The first-order chi connectivity index (χ1) is 12.5. The van der Waals surface area contributed by atoms with Crippen LogP contribution in [0, 0.1) is 19.8 Å². The van der Waals surface area contributed by atoms with Crippen LogP contribution in [0.3, 0.4) is 0 Å². The van der Waals surface area contributed by atoms with Crippen LogP contribution in [-0.2, 0) is 11.2 Å². The molecule has 138 valence electrons. The summed E-state index contributed by atoms with van der Waals surface area (Å²) >= 11 is 1.44. The Labute approximate surface area is 156 Å². The van der Waals surface area contributed by atoms with Crippen molar-refractivity contribution >= 4 is 23.2 Å². The van der Waals surface area contributed by atoms with Crippen molar-refractivity contribution in [3.63, 3.8) is 0 Å². The molecule has 6 nitrogen and oxygen atoms in total. The number of hydrogen-bond donors (Lipinski definition) is 1. The quantitative estimate of drug-likeness (QED) is 0.874. The summed E-state index contributed by atoms with van der Waals surface area (Å²) in [4.78, 5) is 27.8. The van der Waals surface area contributed by atoms with Crippen LogP contribution in [0.5, 0.6) is 0 Å². The lowest BCUT2D eigenvalue weighted by atomic mass is 10.0. The van der Waals surface area contributed by atoms with Gasteiger partial charge < -0.3 is 14.7 Å². The second-order valence-corrected chi connectivity index (χ2v) is 8.26. The molecule has 0 radical (unpaired) electrons. The van der Waals surface area contributed by atoms with Crippen LogP contribution in [0.2, 0.25) is 0 Å². The molecule has 1 aliphatic carbocycles. The number of piperidine rings is 1. The van der Waals surface area contributed by atoms with E-state index in [4.69, 9.17) is 4.52 Å². The van der Waals surface area contributed by atoms with Crippen LogP contribution in [0.4, 0.5) is 0 Å². The molecule has 0 unspecified atom stereocenters. The zero-order chi connectivity index (χ0) is 18.3. The number of rotatable bonds is 5. The molecular formula is C19H23N3O3S. The van der Waals surface area contributed by atoms with Crippen LogP contribution in [-0.4, -0.2) is 40.5 Å². The van der Waals surface area contributed by atoms with E-state index in [2.05, 4.69) is 10.5 Å². The molecule has 1 aliphatic heterocycles. The van der Waals surface area contributed by atoms with E-state index in [0.29, 0.717) is 18.8 Å². The van der Waals surface area contributed by atoms with Crippen molar-refractivity contribution in [3.8, 4) is 0 Å². The van der Waals surface area contributed by atoms with Gasteiger partial charge in [-0.1, -0.05) is 11.2 Å². The first kappa shape index (κ1) is 17.3. The third kappa shape index (κ3) is 3.16. The minimum Gasteiger partial charge on any atom is -0.361 e. The predicted molar refractivity (Wildman–Crippen MR) is 98.1 cm³/mol. The summed E-state index contributed by atoms with van der Waals surface area (Å²) in [5.74, 6) is 1.42. The molecule has 0 aromatic carbocycles. The third-order valence-electron chi connectivity index (χ3n) is 5.63. The maximum absolute atomic E-state index is 12.8. The Balaban J connectivity index is 1.37. The average molecular weight is 373 g/mol. The van der Waals surface area contributed by atoms with Gasteiger partial charge in [-0.2, -0.15) is 0 Å². The third-order valence-corrected chi connectivity index (χ3v) is 6.50. The predicted octanol–water partition coefficient (Wildman–Crippen LogP) is 2.70. The maximum atomic E-state index is 12.8. The smallest absolute Gasteiger partial charge is 0.261 e. The number of nitrogens with one attached hydrogen (secondary N) is 1. The number of thiophene rings is 1. The number of fused-ring (bicyclic) bond motifs is 2. The normalized spacial score (nSPS) is 24.2. The summed E-state index contributed by atoms with van der Waals surface area (Å²) in [6, 6.07) is 3.90. The molecule has 0 spiro atoms. The van der Waals surface area contributed by atoms with Crippen molar-refractivity contribution < 1.29 is 14.1 Å². The first-order valence-electron chi connectivity index (χ1n) is 9.08. The highest BCUT2D eigenvalue weighted by Crippen LogP contribution is 2.38. The summed E-state index contributed by atoms with van der Waals surface area (Å²) < 4.78 is 5.18. The van der Waals surface area contributed by atoms with Gasteiger partial charge in [0.2, 0.25) is 5.91 Å². The van der Waals surface area contributed by atoms with Gasteiger partial charge in [-0.15, -0.1) is 11.3 Å². The Kier molecular flexibility index (Phi) is 4.56. The van der Waals surface area contributed by atoms with Gasteiger partial charge in [-0.25, -0.2) is 0 Å². The lowest BCUT2D eigenvalue weighted by Crippen LogP contribution is -2.51. The molecule has 26 heavy (non-hydrogen) atoms. The highest BCUT2D eigenvalue weighted by Gasteiger charge is 2.47. The first-order valence-corrected chi connectivity index (χ1v) is 9.96. The molecule has 3 atom stereocenters. The van der Waals surface area contributed by atoms with E-state index in [1.807, 2.05) is 36.3 Å². The molecular weight excluding hydrogens is 350 g/mol. The molecule has 2 aromatic heterocycles. The monoisotopic (exact) mass is 373 g/mol. The fourth-order valence-electron chi connectivity index (χ4n) is 4.35. The number of aryl methyl sites for hydroxylation is 2. The minimum absolute atomic E-state index is 0.0272. The number of carbonyl (C=O) groups is 2. The highest BCUT2D eigenvalue weighted by molar-refractivity contribution is 7.12. The van der Waals surface area contributed by atoms with E-state index in [1.165, 1.54) is 11.3 Å².